The van der Waals surface area contributed by atoms with Crippen molar-refractivity contribution in [3.8, 4) is 0 Å². The summed E-state index contributed by atoms with van der Waals surface area (Å²) in [5.41, 5.74) is -1.13. The Kier molecular flexibility index (Phi) is 5.58. The minimum absolute atomic E-state index is 0.135. The van der Waals surface area contributed by atoms with Crippen molar-refractivity contribution in [1.82, 2.24) is 0 Å². The minimum Gasteiger partial charge on any atom is -0.396 e. The lowest BCUT2D eigenvalue weighted by atomic mass is 10.2. The Bertz CT molecular complexity index is 427. The van der Waals surface area contributed by atoms with Gasteiger partial charge in [-0.3, -0.25) is 10.1 Å². The molecule has 1 aromatic carbocycles. The third-order valence-corrected chi connectivity index (χ3v) is 2.43. The van der Waals surface area contributed by atoms with Crippen molar-refractivity contribution in [2.75, 3.05) is 25.6 Å². The van der Waals surface area contributed by atoms with Crippen LogP contribution in [0.2, 0.25) is 0 Å². The van der Waals surface area contributed by atoms with Crippen molar-refractivity contribution < 1.29 is 23.5 Å². The van der Waals surface area contributed by atoms with E-state index in [1.54, 1.807) is 0 Å². The number of nitrogens with zero attached hydrogens (tertiary/aromatic N) is 1. The second kappa shape index (κ2) is 6.95. The van der Waals surface area contributed by atoms with Crippen LogP contribution in [0, 0.1) is 21.7 Å². The number of methoxy groups -OCH3 is 1. The van der Waals surface area contributed by atoms with Gasteiger partial charge in [0.25, 0.3) is 5.69 Å². The monoisotopic (exact) mass is 276 g/mol. The summed E-state index contributed by atoms with van der Waals surface area (Å²) in [4.78, 5) is 9.56. The van der Waals surface area contributed by atoms with E-state index < -0.39 is 34.0 Å². The highest BCUT2D eigenvalue weighted by atomic mass is 19.1. The normalized spacial score (nSPS) is 12.2. The van der Waals surface area contributed by atoms with Gasteiger partial charge in [0.2, 0.25) is 0 Å². The van der Waals surface area contributed by atoms with E-state index in [-0.39, 0.29) is 19.6 Å². The first-order chi connectivity index (χ1) is 8.99. The predicted octanol–water partition coefficient (Wildman–Crippen LogP) is 1.68. The van der Waals surface area contributed by atoms with Crippen LogP contribution in [0.5, 0.6) is 0 Å². The number of non-ortho nitro benzene ring substituents is 1. The average molecular weight is 276 g/mol. The topological polar surface area (TPSA) is 84.6 Å². The molecule has 0 saturated heterocycles. The number of rotatable bonds is 7. The SMILES string of the molecule is COCC(CCO)Nc1c(F)cc([N+](=O)[O-])cc1F. The number of halogens is 2. The van der Waals surface area contributed by atoms with Crippen LogP contribution < -0.4 is 5.32 Å². The standard InChI is InChI=1S/C11H14F2N2O4/c1-19-6-7(2-3-16)14-11-9(12)4-8(15(17)18)5-10(11)13/h4-5,7,14,16H,2-3,6H2,1H3. The zero-order valence-corrected chi connectivity index (χ0v) is 10.2. The molecule has 0 aromatic heterocycles. The van der Waals surface area contributed by atoms with Crippen LogP contribution in [0.25, 0.3) is 0 Å². The number of hydrogen-bond donors (Lipinski definition) is 2. The maximum Gasteiger partial charge on any atom is 0.275 e. The van der Waals surface area contributed by atoms with Crippen LogP contribution in [-0.2, 0) is 4.74 Å². The second-order valence-electron chi connectivity index (χ2n) is 3.85. The van der Waals surface area contributed by atoms with Crippen LogP contribution in [-0.4, -0.2) is 36.4 Å². The van der Waals surface area contributed by atoms with Crippen LogP contribution in [0.15, 0.2) is 12.1 Å². The number of aliphatic hydroxyl groups is 1. The highest BCUT2D eigenvalue weighted by molar-refractivity contribution is 5.52. The zero-order chi connectivity index (χ0) is 14.4. The highest BCUT2D eigenvalue weighted by Crippen LogP contribution is 2.25. The van der Waals surface area contributed by atoms with Crippen LogP contribution in [0.4, 0.5) is 20.2 Å². The second-order valence-corrected chi connectivity index (χ2v) is 3.85. The maximum atomic E-state index is 13.6. The zero-order valence-electron chi connectivity index (χ0n) is 10.2. The molecule has 0 radical (unpaired) electrons. The minimum atomic E-state index is -1.06. The van der Waals surface area contributed by atoms with Crippen molar-refractivity contribution in [3.05, 3.63) is 33.9 Å². The number of nitro groups is 1. The Hall–Kier alpha value is -1.80. The summed E-state index contributed by atoms with van der Waals surface area (Å²) in [5, 5.41) is 21.8. The first-order valence-corrected chi connectivity index (χ1v) is 5.49. The van der Waals surface area contributed by atoms with Crippen molar-refractivity contribution >= 4 is 11.4 Å². The van der Waals surface area contributed by atoms with E-state index in [4.69, 9.17) is 9.84 Å². The molecule has 0 aliphatic heterocycles. The molecule has 2 N–H and O–H groups in total. The van der Waals surface area contributed by atoms with E-state index in [0.717, 1.165) is 0 Å². The summed E-state index contributed by atoms with van der Waals surface area (Å²) in [6.07, 6.45) is 0.226. The van der Waals surface area contributed by atoms with E-state index in [0.29, 0.717) is 12.1 Å². The lowest BCUT2D eigenvalue weighted by Gasteiger charge is -2.18. The molecule has 0 bridgehead atoms. The summed E-state index contributed by atoms with van der Waals surface area (Å²) in [6.45, 7) is -0.0479. The molecule has 19 heavy (non-hydrogen) atoms. The van der Waals surface area contributed by atoms with E-state index >= 15 is 0 Å². The number of ether oxygens (including phenoxy) is 1. The molecule has 6 nitrogen and oxygen atoms in total. The molecule has 0 spiro atoms. The van der Waals surface area contributed by atoms with Gasteiger partial charge in [-0.25, -0.2) is 8.78 Å². The van der Waals surface area contributed by atoms with Crippen molar-refractivity contribution in [3.63, 3.8) is 0 Å². The first kappa shape index (κ1) is 15.3. The maximum absolute atomic E-state index is 13.6. The molecular formula is C11H14F2N2O4. The Morgan fingerprint density at radius 2 is 2.05 bits per heavy atom. The molecule has 8 heteroatoms. The fraction of sp³-hybridized carbons (Fsp3) is 0.455. The molecule has 1 atom stereocenters. The molecular weight excluding hydrogens is 262 g/mol. The molecule has 0 saturated carbocycles. The van der Waals surface area contributed by atoms with Crippen molar-refractivity contribution in [1.29, 1.82) is 0 Å². The van der Waals surface area contributed by atoms with Gasteiger partial charge in [-0.2, -0.15) is 0 Å². The van der Waals surface area contributed by atoms with E-state index in [2.05, 4.69) is 5.32 Å². The average Bonchev–Trinajstić information content (AvgIpc) is 2.33. The lowest BCUT2D eigenvalue weighted by Crippen LogP contribution is -2.27. The molecule has 106 valence electrons. The molecule has 1 unspecified atom stereocenters. The first-order valence-electron chi connectivity index (χ1n) is 5.49. The predicted molar refractivity (Wildman–Crippen MR) is 64.0 cm³/mol. The fourth-order valence-electron chi connectivity index (χ4n) is 1.56. The summed E-state index contributed by atoms with van der Waals surface area (Å²) in [5.74, 6) is -2.13. The van der Waals surface area contributed by atoms with Crippen LogP contribution >= 0.6 is 0 Å². The Morgan fingerprint density at radius 3 is 2.47 bits per heavy atom. The summed E-state index contributed by atoms with van der Waals surface area (Å²) < 4.78 is 32.0. The molecule has 0 aliphatic carbocycles. The van der Waals surface area contributed by atoms with Gasteiger partial charge < -0.3 is 15.2 Å². The number of anilines is 1. The van der Waals surface area contributed by atoms with Gasteiger partial charge in [-0.05, 0) is 6.42 Å². The largest absolute Gasteiger partial charge is 0.396 e. The highest BCUT2D eigenvalue weighted by Gasteiger charge is 2.19. The number of benzene rings is 1. The summed E-state index contributed by atoms with van der Waals surface area (Å²) in [6, 6.07) is 0.767. The number of aliphatic hydroxyl groups excluding tert-OH is 1. The summed E-state index contributed by atoms with van der Waals surface area (Å²) >= 11 is 0. The fourth-order valence-corrected chi connectivity index (χ4v) is 1.56. The third-order valence-electron chi connectivity index (χ3n) is 2.43. The van der Waals surface area contributed by atoms with Gasteiger partial charge in [-0.1, -0.05) is 0 Å². The lowest BCUT2D eigenvalue weighted by molar-refractivity contribution is -0.385. The number of hydrogen-bond acceptors (Lipinski definition) is 5. The van der Waals surface area contributed by atoms with E-state index in [1.807, 2.05) is 0 Å². The van der Waals surface area contributed by atoms with E-state index in [9.17, 15) is 18.9 Å². The van der Waals surface area contributed by atoms with Gasteiger partial charge in [0.05, 0.1) is 29.7 Å². The molecule has 0 fully saturated rings. The quantitative estimate of drug-likeness (QED) is 0.584. The smallest absolute Gasteiger partial charge is 0.275 e. The molecule has 0 heterocycles. The molecule has 1 rings (SSSR count). The van der Waals surface area contributed by atoms with Gasteiger partial charge in [0.1, 0.15) is 5.69 Å². The Balaban J connectivity index is 2.96. The molecule has 0 amide bonds. The molecule has 0 aliphatic rings. The Morgan fingerprint density at radius 1 is 1.47 bits per heavy atom. The van der Waals surface area contributed by atoms with Crippen molar-refractivity contribution in [2.45, 2.75) is 12.5 Å². The van der Waals surface area contributed by atoms with Gasteiger partial charge in [0, 0.05) is 13.7 Å². The van der Waals surface area contributed by atoms with Gasteiger partial charge >= 0.3 is 0 Å². The molecule has 1 aromatic rings. The van der Waals surface area contributed by atoms with Gasteiger partial charge in [0.15, 0.2) is 11.6 Å². The van der Waals surface area contributed by atoms with Crippen LogP contribution in [0.1, 0.15) is 6.42 Å². The number of nitrogens with one attached hydrogen (secondary N) is 1. The van der Waals surface area contributed by atoms with Crippen molar-refractivity contribution in [2.24, 2.45) is 0 Å². The van der Waals surface area contributed by atoms with Gasteiger partial charge in [-0.15, -0.1) is 0 Å². The number of nitro benzene ring substituents is 1. The Labute approximate surface area is 108 Å². The third kappa shape index (κ3) is 4.11. The van der Waals surface area contributed by atoms with Crippen LogP contribution in [0.3, 0.4) is 0 Å². The summed E-state index contributed by atoms with van der Waals surface area (Å²) in [7, 11) is 1.41. The van der Waals surface area contributed by atoms with E-state index in [1.165, 1.54) is 7.11 Å².